The quantitative estimate of drug-likeness (QED) is 0.610. The molecule has 1 N–H and O–H groups in total. The molecule has 1 spiro atoms. The number of hydrogen-bond donors (Lipinski definition) is 1. The van der Waals surface area contributed by atoms with Crippen molar-refractivity contribution in [2.45, 2.75) is 31.8 Å². The zero-order chi connectivity index (χ0) is 7.03. The highest BCUT2D eigenvalue weighted by molar-refractivity contribution is 5.03. The average molecular weight is 140 g/mol. The maximum Gasteiger partial charge on any atom is 0.0737 e. The molecule has 0 aromatic heterocycles. The van der Waals surface area contributed by atoms with E-state index in [2.05, 4.69) is 17.1 Å². The van der Waals surface area contributed by atoms with Gasteiger partial charge in [-0.05, 0) is 32.4 Å². The fourth-order valence-electron chi connectivity index (χ4n) is 2.03. The van der Waals surface area contributed by atoms with E-state index in [1.165, 1.54) is 38.9 Å². The molecule has 2 saturated heterocycles. The Morgan fingerprint density at radius 3 is 2.60 bits per heavy atom. The van der Waals surface area contributed by atoms with Gasteiger partial charge in [-0.25, -0.2) is 0 Å². The van der Waals surface area contributed by atoms with Gasteiger partial charge in [0.25, 0.3) is 0 Å². The SMILES string of the molecule is CCCN1CCC12CCN2. The summed E-state index contributed by atoms with van der Waals surface area (Å²) in [6, 6.07) is 0. The molecule has 0 bridgehead atoms. The molecule has 2 nitrogen and oxygen atoms in total. The molecule has 0 aromatic carbocycles. The third kappa shape index (κ3) is 0.722. The first-order chi connectivity index (χ1) is 4.87. The Morgan fingerprint density at radius 1 is 1.50 bits per heavy atom. The standard InChI is InChI=1S/C8H16N2/c1-2-6-10-7-4-8(10)3-5-9-8/h9H,2-7H2,1H3. The van der Waals surface area contributed by atoms with E-state index in [4.69, 9.17) is 0 Å². The Morgan fingerprint density at radius 2 is 2.30 bits per heavy atom. The lowest BCUT2D eigenvalue weighted by atomic mass is 9.84. The van der Waals surface area contributed by atoms with Crippen LogP contribution in [0.1, 0.15) is 26.2 Å². The largest absolute Gasteiger partial charge is 0.299 e. The summed E-state index contributed by atoms with van der Waals surface area (Å²) < 4.78 is 0. The van der Waals surface area contributed by atoms with Gasteiger partial charge in [0.05, 0.1) is 5.66 Å². The number of rotatable bonds is 2. The summed E-state index contributed by atoms with van der Waals surface area (Å²) in [6.45, 7) is 6.10. The highest BCUT2D eigenvalue weighted by Gasteiger charge is 2.47. The van der Waals surface area contributed by atoms with Crippen LogP contribution in [0.3, 0.4) is 0 Å². The highest BCUT2D eigenvalue weighted by atomic mass is 15.4. The van der Waals surface area contributed by atoms with Gasteiger partial charge in [-0.2, -0.15) is 0 Å². The van der Waals surface area contributed by atoms with Crippen molar-refractivity contribution in [3.8, 4) is 0 Å². The third-order valence-electron chi connectivity index (χ3n) is 2.89. The zero-order valence-electron chi connectivity index (χ0n) is 6.69. The van der Waals surface area contributed by atoms with E-state index >= 15 is 0 Å². The smallest absolute Gasteiger partial charge is 0.0737 e. The lowest BCUT2D eigenvalue weighted by molar-refractivity contribution is -0.0898. The summed E-state index contributed by atoms with van der Waals surface area (Å²) in [5, 5.41) is 3.52. The van der Waals surface area contributed by atoms with E-state index in [9.17, 15) is 0 Å². The van der Waals surface area contributed by atoms with Crippen molar-refractivity contribution in [2.75, 3.05) is 19.6 Å². The number of likely N-dealkylation sites (tertiary alicyclic amines) is 1. The van der Waals surface area contributed by atoms with Crippen molar-refractivity contribution < 1.29 is 0 Å². The molecule has 10 heavy (non-hydrogen) atoms. The van der Waals surface area contributed by atoms with Crippen LogP contribution in [0.2, 0.25) is 0 Å². The fourth-order valence-corrected chi connectivity index (χ4v) is 2.03. The van der Waals surface area contributed by atoms with Crippen molar-refractivity contribution in [1.82, 2.24) is 10.2 Å². The third-order valence-corrected chi connectivity index (χ3v) is 2.89. The Bertz CT molecular complexity index is 124. The summed E-state index contributed by atoms with van der Waals surface area (Å²) in [5.41, 5.74) is 0.496. The molecule has 2 rings (SSSR count). The minimum atomic E-state index is 0.496. The van der Waals surface area contributed by atoms with E-state index in [0.29, 0.717) is 5.66 Å². The molecule has 0 radical (unpaired) electrons. The zero-order valence-corrected chi connectivity index (χ0v) is 6.69. The lowest BCUT2D eigenvalue weighted by Crippen LogP contribution is -2.74. The van der Waals surface area contributed by atoms with Gasteiger partial charge in [0.2, 0.25) is 0 Å². The van der Waals surface area contributed by atoms with Crippen molar-refractivity contribution in [3.63, 3.8) is 0 Å². The minimum absolute atomic E-state index is 0.496. The molecule has 2 heterocycles. The molecule has 58 valence electrons. The van der Waals surface area contributed by atoms with Gasteiger partial charge >= 0.3 is 0 Å². The topological polar surface area (TPSA) is 15.3 Å². The Balaban J connectivity index is 1.87. The lowest BCUT2D eigenvalue weighted by Gasteiger charge is -2.59. The summed E-state index contributed by atoms with van der Waals surface area (Å²) >= 11 is 0. The van der Waals surface area contributed by atoms with Crippen LogP contribution in [0, 0.1) is 0 Å². The molecule has 0 aromatic rings. The summed E-state index contributed by atoms with van der Waals surface area (Å²) in [6.07, 6.45) is 4.06. The van der Waals surface area contributed by atoms with Gasteiger partial charge in [-0.1, -0.05) is 6.92 Å². The van der Waals surface area contributed by atoms with Crippen molar-refractivity contribution in [2.24, 2.45) is 0 Å². The van der Waals surface area contributed by atoms with Crippen LogP contribution < -0.4 is 5.32 Å². The first-order valence-corrected chi connectivity index (χ1v) is 4.37. The predicted molar refractivity (Wildman–Crippen MR) is 41.8 cm³/mol. The highest BCUT2D eigenvalue weighted by Crippen LogP contribution is 2.35. The molecule has 0 aliphatic carbocycles. The predicted octanol–water partition coefficient (Wildman–Crippen LogP) is 0.792. The van der Waals surface area contributed by atoms with Gasteiger partial charge in [-0.3, -0.25) is 10.2 Å². The van der Waals surface area contributed by atoms with Gasteiger partial charge in [0, 0.05) is 6.54 Å². The number of nitrogens with one attached hydrogen (secondary N) is 1. The number of hydrogen-bond acceptors (Lipinski definition) is 2. The van der Waals surface area contributed by atoms with Gasteiger partial charge < -0.3 is 0 Å². The Hall–Kier alpha value is -0.0800. The first kappa shape index (κ1) is 6.62. The normalized spacial score (nSPS) is 39.3. The molecule has 2 aliphatic heterocycles. The van der Waals surface area contributed by atoms with E-state index in [0.717, 1.165) is 0 Å². The maximum atomic E-state index is 3.52. The van der Waals surface area contributed by atoms with E-state index in [1.54, 1.807) is 0 Å². The van der Waals surface area contributed by atoms with Crippen LogP contribution >= 0.6 is 0 Å². The van der Waals surface area contributed by atoms with Gasteiger partial charge in [0.15, 0.2) is 0 Å². The average Bonchev–Trinajstić information content (AvgIpc) is 1.77. The molecule has 1 atom stereocenters. The fraction of sp³-hybridized carbons (Fsp3) is 1.00. The second kappa shape index (κ2) is 2.21. The van der Waals surface area contributed by atoms with Crippen molar-refractivity contribution in [1.29, 1.82) is 0 Å². The molecule has 2 heteroatoms. The first-order valence-electron chi connectivity index (χ1n) is 4.37. The summed E-state index contributed by atoms with van der Waals surface area (Å²) in [5.74, 6) is 0. The van der Waals surface area contributed by atoms with Crippen LogP contribution in [-0.2, 0) is 0 Å². The Kier molecular flexibility index (Phi) is 1.46. The summed E-state index contributed by atoms with van der Waals surface area (Å²) in [4.78, 5) is 2.58. The van der Waals surface area contributed by atoms with Crippen molar-refractivity contribution >= 4 is 0 Å². The van der Waals surface area contributed by atoms with Gasteiger partial charge in [0.1, 0.15) is 0 Å². The van der Waals surface area contributed by atoms with Crippen LogP contribution in [0.4, 0.5) is 0 Å². The summed E-state index contributed by atoms with van der Waals surface area (Å²) in [7, 11) is 0. The molecular weight excluding hydrogens is 124 g/mol. The minimum Gasteiger partial charge on any atom is -0.299 e. The Labute approximate surface area is 62.6 Å². The van der Waals surface area contributed by atoms with Crippen LogP contribution in [0.25, 0.3) is 0 Å². The molecular formula is C8H16N2. The number of nitrogens with zero attached hydrogens (tertiary/aromatic N) is 1. The second-order valence-electron chi connectivity index (χ2n) is 3.45. The molecule has 1 unspecified atom stereocenters. The van der Waals surface area contributed by atoms with Crippen LogP contribution in [-0.4, -0.2) is 30.2 Å². The van der Waals surface area contributed by atoms with Crippen LogP contribution in [0.5, 0.6) is 0 Å². The van der Waals surface area contributed by atoms with E-state index < -0.39 is 0 Å². The molecule has 0 saturated carbocycles. The maximum absolute atomic E-state index is 3.52. The molecule has 0 amide bonds. The van der Waals surface area contributed by atoms with E-state index in [1.807, 2.05) is 0 Å². The molecule has 2 aliphatic rings. The van der Waals surface area contributed by atoms with E-state index in [-0.39, 0.29) is 0 Å². The van der Waals surface area contributed by atoms with Crippen LogP contribution in [0.15, 0.2) is 0 Å². The van der Waals surface area contributed by atoms with Gasteiger partial charge in [-0.15, -0.1) is 0 Å². The van der Waals surface area contributed by atoms with Crippen molar-refractivity contribution in [3.05, 3.63) is 0 Å². The second-order valence-corrected chi connectivity index (χ2v) is 3.45. The monoisotopic (exact) mass is 140 g/mol. The molecule has 2 fully saturated rings.